The second-order valence-electron chi connectivity index (χ2n) is 5.96. The van der Waals surface area contributed by atoms with Crippen LogP contribution in [0.15, 0.2) is 48.5 Å². The highest BCUT2D eigenvalue weighted by atomic mass is 35.5. The summed E-state index contributed by atoms with van der Waals surface area (Å²) in [7, 11) is 3.24. The van der Waals surface area contributed by atoms with Gasteiger partial charge >= 0.3 is 0 Å². The number of fused-ring (bicyclic) bond motifs is 3. The fraction of sp³-hybridized carbons (Fsp3) is 0.200. The number of ether oxygens (including phenoxy) is 3. The summed E-state index contributed by atoms with van der Waals surface area (Å²) in [6.07, 6.45) is -0.371. The minimum absolute atomic E-state index is 0.371. The van der Waals surface area contributed by atoms with E-state index in [1.54, 1.807) is 14.2 Å². The number of benzene rings is 2. The van der Waals surface area contributed by atoms with E-state index < -0.39 is 0 Å². The Bertz CT molecular complexity index is 968. The Morgan fingerprint density at radius 2 is 1.85 bits per heavy atom. The highest BCUT2D eigenvalue weighted by Crippen LogP contribution is 2.43. The molecule has 3 aromatic rings. The summed E-state index contributed by atoms with van der Waals surface area (Å²) in [5.41, 5.74) is 3.70. The topological polar surface area (TPSA) is 32.6 Å². The molecule has 0 saturated heterocycles. The van der Waals surface area contributed by atoms with Gasteiger partial charge in [-0.25, -0.2) is 0 Å². The molecule has 0 amide bonds. The molecule has 1 aliphatic rings. The van der Waals surface area contributed by atoms with E-state index in [9.17, 15) is 0 Å². The van der Waals surface area contributed by atoms with Gasteiger partial charge in [0, 0.05) is 16.1 Å². The first kappa shape index (κ1) is 17.3. The smallest absolute Gasteiger partial charge is 0.166 e. The molecule has 0 aliphatic carbocycles. The number of halogens is 2. The predicted molar refractivity (Wildman–Crippen MR) is 102 cm³/mol. The molecule has 0 bridgehead atoms. The molecule has 2 heterocycles. The lowest BCUT2D eigenvalue weighted by Gasteiger charge is -2.22. The molecular formula is C20H17Cl2NO3. The van der Waals surface area contributed by atoms with E-state index in [-0.39, 0.29) is 6.10 Å². The SMILES string of the molecule is COc1cccc(C2OCc3ccc(Cl)n3-c3ccc(Cl)cc32)c1OC. The largest absolute Gasteiger partial charge is 0.493 e. The number of hydrogen-bond acceptors (Lipinski definition) is 3. The van der Waals surface area contributed by atoms with Crippen LogP contribution in [0, 0.1) is 0 Å². The van der Waals surface area contributed by atoms with Crippen molar-refractivity contribution in [2.75, 3.05) is 14.2 Å². The average molecular weight is 390 g/mol. The number of aromatic nitrogens is 1. The molecule has 0 fully saturated rings. The van der Waals surface area contributed by atoms with Gasteiger partial charge in [0.25, 0.3) is 0 Å². The third-order valence-corrected chi connectivity index (χ3v) is 5.07. The van der Waals surface area contributed by atoms with E-state index in [4.69, 9.17) is 37.4 Å². The van der Waals surface area contributed by atoms with Crippen molar-refractivity contribution < 1.29 is 14.2 Å². The van der Waals surface area contributed by atoms with Gasteiger partial charge in [-0.2, -0.15) is 0 Å². The normalized spacial score (nSPS) is 15.8. The number of rotatable bonds is 3. The lowest BCUT2D eigenvalue weighted by Crippen LogP contribution is -2.08. The van der Waals surface area contributed by atoms with Crippen molar-refractivity contribution in [3.05, 3.63) is 75.5 Å². The van der Waals surface area contributed by atoms with E-state index in [2.05, 4.69) is 0 Å². The fourth-order valence-electron chi connectivity index (χ4n) is 3.41. The van der Waals surface area contributed by atoms with Gasteiger partial charge in [-0.3, -0.25) is 0 Å². The standard InChI is InChI=1S/C20H17Cl2NO3/c1-24-17-5-3-4-14(20(17)25-2)19-15-10-12(21)6-8-16(15)23-13(11-26-19)7-9-18(23)22/h3-10,19H,11H2,1-2H3. The number of para-hydroxylation sites is 1. The molecule has 134 valence electrons. The maximum atomic E-state index is 6.43. The third kappa shape index (κ3) is 2.75. The average Bonchev–Trinajstić information content (AvgIpc) is 2.93. The summed E-state index contributed by atoms with van der Waals surface area (Å²) < 4.78 is 19.3. The van der Waals surface area contributed by atoms with Crippen molar-refractivity contribution >= 4 is 23.2 Å². The number of nitrogens with zero attached hydrogens (tertiary/aromatic N) is 1. The summed E-state index contributed by atoms with van der Waals surface area (Å²) >= 11 is 12.7. The van der Waals surface area contributed by atoms with Crippen molar-refractivity contribution in [2.45, 2.75) is 12.7 Å². The second kappa shape index (κ2) is 6.88. The Labute approximate surface area is 161 Å². The Kier molecular flexibility index (Phi) is 4.57. The van der Waals surface area contributed by atoms with E-state index >= 15 is 0 Å². The molecular weight excluding hydrogens is 373 g/mol. The molecule has 0 radical (unpaired) electrons. The Balaban J connectivity index is 1.95. The maximum absolute atomic E-state index is 6.43. The maximum Gasteiger partial charge on any atom is 0.166 e. The second-order valence-corrected chi connectivity index (χ2v) is 6.78. The summed E-state index contributed by atoms with van der Waals surface area (Å²) in [4.78, 5) is 0. The first-order chi connectivity index (χ1) is 12.6. The monoisotopic (exact) mass is 389 g/mol. The molecule has 2 aromatic carbocycles. The van der Waals surface area contributed by atoms with Crippen LogP contribution in [0.25, 0.3) is 5.69 Å². The summed E-state index contributed by atoms with van der Waals surface area (Å²) in [6.45, 7) is 0.407. The van der Waals surface area contributed by atoms with E-state index in [1.165, 1.54) is 0 Å². The molecule has 0 saturated carbocycles. The number of hydrogen-bond donors (Lipinski definition) is 0. The van der Waals surface area contributed by atoms with Gasteiger partial charge in [0.05, 0.1) is 32.2 Å². The Morgan fingerprint density at radius 3 is 2.62 bits per heavy atom. The van der Waals surface area contributed by atoms with Crippen LogP contribution in [-0.2, 0) is 11.3 Å². The molecule has 0 spiro atoms. The van der Waals surface area contributed by atoms with Crippen LogP contribution in [0.4, 0.5) is 0 Å². The van der Waals surface area contributed by atoms with Crippen LogP contribution < -0.4 is 9.47 Å². The molecule has 0 N–H and O–H groups in total. The summed E-state index contributed by atoms with van der Waals surface area (Å²) in [6, 6.07) is 15.3. The van der Waals surface area contributed by atoms with Gasteiger partial charge in [0.2, 0.25) is 0 Å². The van der Waals surface area contributed by atoms with E-state index in [0.717, 1.165) is 22.5 Å². The van der Waals surface area contributed by atoms with Crippen LogP contribution in [0.1, 0.15) is 22.9 Å². The van der Waals surface area contributed by atoms with Gasteiger partial charge in [-0.15, -0.1) is 0 Å². The lowest BCUT2D eigenvalue weighted by atomic mass is 9.98. The molecule has 1 aliphatic heterocycles. The third-order valence-electron chi connectivity index (χ3n) is 4.54. The van der Waals surface area contributed by atoms with Crippen molar-refractivity contribution in [3.63, 3.8) is 0 Å². The first-order valence-electron chi connectivity index (χ1n) is 8.12. The zero-order chi connectivity index (χ0) is 18.3. The van der Waals surface area contributed by atoms with Gasteiger partial charge in [-0.1, -0.05) is 35.3 Å². The molecule has 1 unspecified atom stereocenters. The molecule has 1 aromatic heterocycles. The zero-order valence-electron chi connectivity index (χ0n) is 14.3. The number of methoxy groups -OCH3 is 2. The molecule has 4 nitrogen and oxygen atoms in total. The minimum Gasteiger partial charge on any atom is -0.493 e. The lowest BCUT2D eigenvalue weighted by molar-refractivity contribution is 0.0660. The fourth-order valence-corrected chi connectivity index (χ4v) is 3.85. The van der Waals surface area contributed by atoms with Gasteiger partial charge in [0.15, 0.2) is 11.5 Å². The van der Waals surface area contributed by atoms with Crippen molar-refractivity contribution in [3.8, 4) is 17.2 Å². The van der Waals surface area contributed by atoms with Crippen LogP contribution in [0.3, 0.4) is 0 Å². The highest BCUT2D eigenvalue weighted by molar-refractivity contribution is 6.31. The van der Waals surface area contributed by atoms with Gasteiger partial charge in [-0.05, 0) is 36.4 Å². The van der Waals surface area contributed by atoms with E-state index in [0.29, 0.717) is 28.3 Å². The highest BCUT2D eigenvalue weighted by Gasteiger charge is 2.29. The summed E-state index contributed by atoms with van der Waals surface area (Å²) in [5.74, 6) is 1.29. The van der Waals surface area contributed by atoms with Crippen LogP contribution >= 0.6 is 23.2 Å². The van der Waals surface area contributed by atoms with Crippen LogP contribution in [-0.4, -0.2) is 18.8 Å². The quantitative estimate of drug-likeness (QED) is 0.599. The van der Waals surface area contributed by atoms with Crippen LogP contribution in [0.2, 0.25) is 10.2 Å². The van der Waals surface area contributed by atoms with Crippen molar-refractivity contribution in [1.29, 1.82) is 0 Å². The Hall–Kier alpha value is -2.14. The van der Waals surface area contributed by atoms with Gasteiger partial charge in [0.1, 0.15) is 11.3 Å². The van der Waals surface area contributed by atoms with Crippen molar-refractivity contribution in [1.82, 2.24) is 4.57 Å². The molecule has 6 heteroatoms. The van der Waals surface area contributed by atoms with E-state index in [1.807, 2.05) is 53.1 Å². The van der Waals surface area contributed by atoms with Crippen LogP contribution in [0.5, 0.6) is 11.5 Å². The van der Waals surface area contributed by atoms with Gasteiger partial charge < -0.3 is 18.8 Å². The minimum atomic E-state index is -0.371. The predicted octanol–water partition coefficient (Wildman–Crippen LogP) is 5.42. The Morgan fingerprint density at radius 1 is 1.00 bits per heavy atom. The molecule has 26 heavy (non-hydrogen) atoms. The zero-order valence-corrected chi connectivity index (χ0v) is 15.8. The first-order valence-corrected chi connectivity index (χ1v) is 8.88. The molecule has 1 atom stereocenters. The van der Waals surface area contributed by atoms with Crippen molar-refractivity contribution in [2.24, 2.45) is 0 Å². The molecule has 4 rings (SSSR count). The summed E-state index contributed by atoms with van der Waals surface area (Å²) in [5, 5.41) is 1.26.